The molecule has 2 aromatic heterocycles. The summed E-state index contributed by atoms with van der Waals surface area (Å²) in [5.74, 6) is -0.723. The number of carbonyl (C=O) groups excluding carboxylic acids is 2. The Kier molecular flexibility index (Phi) is 5.13. The zero-order valence-electron chi connectivity index (χ0n) is 16.5. The van der Waals surface area contributed by atoms with E-state index in [4.69, 9.17) is 0 Å². The number of aromatic nitrogens is 4. The fourth-order valence-electron chi connectivity index (χ4n) is 3.09. The van der Waals surface area contributed by atoms with E-state index in [-0.39, 0.29) is 17.3 Å². The molecule has 4 N–H and O–H groups in total. The second kappa shape index (κ2) is 8.04. The fourth-order valence-corrected chi connectivity index (χ4v) is 3.09. The van der Waals surface area contributed by atoms with E-state index in [1.54, 1.807) is 6.20 Å². The van der Waals surface area contributed by atoms with Crippen LogP contribution in [0.15, 0.2) is 61.1 Å². The van der Waals surface area contributed by atoms with Crippen molar-refractivity contribution in [3.8, 4) is 11.3 Å². The molecule has 2 aromatic carbocycles. The normalized spacial score (nSPS) is 10.6. The summed E-state index contributed by atoms with van der Waals surface area (Å²) in [6, 6.07) is 15.3. The first kappa shape index (κ1) is 19.1. The summed E-state index contributed by atoms with van der Waals surface area (Å²) in [6.45, 7) is 3.88. The maximum Gasteiger partial charge on any atom is 0.276 e. The summed E-state index contributed by atoms with van der Waals surface area (Å²) >= 11 is 0. The zero-order chi connectivity index (χ0) is 21.1. The Morgan fingerprint density at radius 3 is 2.50 bits per heavy atom. The van der Waals surface area contributed by atoms with E-state index in [2.05, 4.69) is 30.6 Å². The lowest BCUT2D eigenvalue weighted by Gasteiger charge is -2.09. The SMILES string of the molecule is Cc1ccc(NC(=O)c2nc[nH]c2C(=O)Nc2ncc(-c3ccccc3)[nH]2)c(C)c1. The number of H-pyrrole nitrogens is 2. The van der Waals surface area contributed by atoms with Crippen LogP contribution in [0.25, 0.3) is 11.3 Å². The highest BCUT2D eigenvalue weighted by Gasteiger charge is 2.21. The highest BCUT2D eigenvalue weighted by Crippen LogP contribution is 2.19. The lowest BCUT2D eigenvalue weighted by molar-refractivity contribution is 0.0985. The number of imidazole rings is 2. The van der Waals surface area contributed by atoms with Crippen molar-refractivity contribution in [2.75, 3.05) is 10.6 Å². The van der Waals surface area contributed by atoms with Crippen LogP contribution < -0.4 is 10.6 Å². The molecule has 0 spiro atoms. The van der Waals surface area contributed by atoms with Crippen molar-refractivity contribution in [3.05, 3.63) is 83.6 Å². The van der Waals surface area contributed by atoms with Crippen LogP contribution in [0.4, 0.5) is 11.6 Å². The third kappa shape index (κ3) is 3.97. The molecule has 0 saturated carbocycles. The molecule has 8 heteroatoms. The molecule has 30 heavy (non-hydrogen) atoms. The smallest absolute Gasteiger partial charge is 0.276 e. The van der Waals surface area contributed by atoms with Crippen LogP contribution in [-0.4, -0.2) is 31.8 Å². The number of rotatable bonds is 5. The van der Waals surface area contributed by atoms with Gasteiger partial charge in [-0.2, -0.15) is 0 Å². The van der Waals surface area contributed by atoms with E-state index in [0.29, 0.717) is 5.69 Å². The monoisotopic (exact) mass is 400 g/mol. The van der Waals surface area contributed by atoms with Crippen LogP contribution in [0.1, 0.15) is 32.1 Å². The Labute approximate surface area is 172 Å². The molecular weight excluding hydrogens is 380 g/mol. The molecule has 2 amide bonds. The average Bonchev–Trinajstić information content (AvgIpc) is 3.40. The van der Waals surface area contributed by atoms with Gasteiger partial charge in [0.25, 0.3) is 11.8 Å². The molecular formula is C22H20N6O2. The van der Waals surface area contributed by atoms with Crippen molar-refractivity contribution in [1.82, 2.24) is 19.9 Å². The second-order valence-corrected chi connectivity index (χ2v) is 6.86. The van der Waals surface area contributed by atoms with Crippen molar-refractivity contribution in [3.63, 3.8) is 0 Å². The van der Waals surface area contributed by atoms with E-state index in [1.807, 2.05) is 62.4 Å². The van der Waals surface area contributed by atoms with E-state index in [1.165, 1.54) is 6.33 Å². The molecule has 0 aliphatic heterocycles. The van der Waals surface area contributed by atoms with E-state index >= 15 is 0 Å². The molecule has 0 bridgehead atoms. The Morgan fingerprint density at radius 1 is 0.933 bits per heavy atom. The Balaban J connectivity index is 1.49. The van der Waals surface area contributed by atoms with Crippen molar-refractivity contribution < 1.29 is 9.59 Å². The van der Waals surface area contributed by atoms with Gasteiger partial charge in [-0.15, -0.1) is 0 Å². The van der Waals surface area contributed by atoms with Gasteiger partial charge in [-0.25, -0.2) is 9.97 Å². The second-order valence-electron chi connectivity index (χ2n) is 6.86. The van der Waals surface area contributed by atoms with Gasteiger partial charge in [-0.05, 0) is 31.0 Å². The first-order chi connectivity index (χ1) is 14.5. The highest BCUT2D eigenvalue weighted by atomic mass is 16.2. The van der Waals surface area contributed by atoms with E-state index in [9.17, 15) is 9.59 Å². The number of hydrogen-bond acceptors (Lipinski definition) is 4. The van der Waals surface area contributed by atoms with Crippen LogP contribution in [0.5, 0.6) is 0 Å². The predicted molar refractivity (Wildman–Crippen MR) is 114 cm³/mol. The van der Waals surface area contributed by atoms with Gasteiger partial charge in [-0.3, -0.25) is 14.9 Å². The number of nitrogens with one attached hydrogen (secondary N) is 4. The van der Waals surface area contributed by atoms with Crippen LogP contribution in [0.3, 0.4) is 0 Å². The molecule has 150 valence electrons. The van der Waals surface area contributed by atoms with Crippen molar-refractivity contribution in [2.45, 2.75) is 13.8 Å². The Hall–Kier alpha value is -4.20. The summed E-state index contributed by atoms with van der Waals surface area (Å²) in [6.07, 6.45) is 2.94. The number of benzene rings is 2. The van der Waals surface area contributed by atoms with Crippen molar-refractivity contribution in [2.24, 2.45) is 0 Å². The first-order valence-electron chi connectivity index (χ1n) is 9.35. The van der Waals surface area contributed by atoms with Gasteiger partial charge < -0.3 is 15.3 Å². The molecule has 4 rings (SSSR count). The molecule has 2 heterocycles. The average molecular weight is 400 g/mol. The van der Waals surface area contributed by atoms with Gasteiger partial charge in [0.15, 0.2) is 5.69 Å². The summed E-state index contributed by atoms with van der Waals surface area (Å²) < 4.78 is 0. The van der Waals surface area contributed by atoms with Crippen LogP contribution in [0.2, 0.25) is 0 Å². The fraction of sp³-hybridized carbons (Fsp3) is 0.0909. The molecule has 0 aliphatic carbocycles. The van der Waals surface area contributed by atoms with Gasteiger partial charge >= 0.3 is 0 Å². The summed E-state index contributed by atoms with van der Waals surface area (Å²) in [7, 11) is 0. The summed E-state index contributed by atoms with van der Waals surface area (Å²) in [4.78, 5) is 39.3. The lowest BCUT2D eigenvalue weighted by atomic mass is 10.1. The molecule has 0 unspecified atom stereocenters. The van der Waals surface area contributed by atoms with Crippen LogP contribution >= 0.6 is 0 Å². The predicted octanol–water partition coefficient (Wildman–Crippen LogP) is 3.92. The maximum absolute atomic E-state index is 12.7. The Bertz CT molecular complexity index is 1210. The minimum Gasteiger partial charge on any atom is -0.340 e. The molecule has 0 saturated heterocycles. The molecule has 8 nitrogen and oxygen atoms in total. The molecule has 0 aliphatic rings. The van der Waals surface area contributed by atoms with Gasteiger partial charge in [0.1, 0.15) is 5.69 Å². The van der Waals surface area contributed by atoms with Gasteiger partial charge in [-0.1, -0.05) is 48.0 Å². The van der Waals surface area contributed by atoms with Crippen LogP contribution in [-0.2, 0) is 0 Å². The minimum atomic E-state index is -0.521. The molecule has 0 fully saturated rings. The molecule has 4 aromatic rings. The number of carbonyl (C=O) groups is 2. The lowest BCUT2D eigenvalue weighted by Crippen LogP contribution is -2.21. The van der Waals surface area contributed by atoms with Crippen molar-refractivity contribution in [1.29, 1.82) is 0 Å². The Morgan fingerprint density at radius 2 is 1.73 bits per heavy atom. The van der Waals surface area contributed by atoms with Crippen LogP contribution in [0, 0.1) is 13.8 Å². The largest absolute Gasteiger partial charge is 0.340 e. The first-order valence-corrected chi connectivity index (χ1v) is 9.35. The van der Waals surface area contributed by atoms with E-state index < -0.39 is 11.8 Å². The van der Waals surface area contributed by atoms with Crippen molar-refractivity contribution >= 4 is 23.5 Å². The quantitative estimate of drug-likeness (QED) is 0.406. The third-order valence-electron chi connectivity index (χ3n) is 4.60. The number of amides is 2. The van der Waals surface area contributed by atoms with Gasteiger partial charge in [0, 0.05) is 5.69 Å². The molecule has 0 radical (unpaired) electrons. The maximum atomic E-state index is 12.7. The topological polar surface area (TPSA) is 116 Å². The summed E-state index contributed by atoms with van der Waals surface area (Å²) in [5, 5.41) is 5.46. The summed E-state index contributed by atoms with van der Waals surface area (Å²) in [5.41, 5.74) is 4.45. The van der Waals surface area contributed by atoms with Gasteiger partial charge in [0.05, 0.1) is 18.2 Å². The van der Waals surface area contributed by atoms with Gasteiger partial charge in [0.2, 0.25) is 5.95 Å². The third-order valence-corrected chi connectivity index (χ3v) is 4.60. The highest BCUT2D eigenvalue weighted by molar-refractivity contribution is 6.13. The zero-order valence-corrected chi connectivity index (χ0v) is 16.5. The number of nitrogens with zero attached hydrogens (tertiary/aromatic N) is 2. The number of anilines is 2. The number of aromatic amines is 2. The minimum absolute atomic E-state index is 0.00214. The standard InChI is InChI=1S/C22H20N6O2/c1-13-8-9-16(14(2)10-13)26-20(29)18-19(25-12-24-18)21(30)28-22-23-11-17(27-22)15-6-4-3-5-7-15/h3-12H,1-2H3,(H,24,25)(H,26,29)(H2,23,27,28,30). The van der Waals surface area contributed by atoms with E-state index in [0.717, 1.165) is 22.4 Å². The molecule has 0 atom stereocenters. The number of aryl methyl sites for hydroxylation is 2. The number of hydrogen-bond donors (Lipinski definition) is 4.